The largest absolute Gasteiger partial charge is 0.494 e. The molecule has 1 aliphatic heterocycles. The lowest BCUT2D eigenvalue weighted by molar-refractivity contribution is 0.0521. The number of ether oxygens (including phenoxy) is 1. The molecule has 180 valence electrons. The first-order valence-corrected chi connectivity index (χ1v) is 13.2. The van der Waals surface area contributed by atoms with Crippen molar-refractivity contribution in [3.05, 3.63) is 59.2 Å². The fraction of sp³-hybridized carbons (Fsp3) is 0.500. The highest BCUT2D eigenvalue weighted by Crippen LogP contribution is 2.44. The number of hydrogen-bond acceptors (Lipinski definition) is 5. The van der Waals surface area contributed by atoms with Crippen molar-refractivity contribution in [3.8, 4) is 5.75 Å². The molecule has 0 bridgehead atoms. The van der Waals surface area contributed by atoms with Gasteiger partial charge in [0.2, 0.25) is 0 Å². The average molecular weight is 473 g/mol. The van der Waals surface area contributed by atoms with Gasteiger partial charge in [0.05, 0.1) is 29.2 Å². The zero-order chi connectivity index (χ0) is 24.2. The van der Waals surface area contributed by atoms with Crippen molar-refractivity contribution in [1.29, 1.82) is 0 Å². The van der Waals surface area contributed by atoms with Crippen LogP contribution in [0.4, 0.5) is 0 Å². The van der Waals surface area contributed by atoms with E-state index in [1.54, 1.807) is 13.0 Å². The van der Waals surface area contributed by atoms with Crippen molar-refractivity contribution in [2.75, 3.05) is 18.9 Å². The molecule has 1 heterocycles. The molecule has 6 nitrogen and oxygen atoms in total. The number of hydrogen-bond donors (Lipinski definition) is 2. The molecule has 33 heavy (non-hydrogen) atoms. The van der Waals surface area contributed by atoms with Crippen LogP contribution in [0.2, 0.25) is 0 Å². The van der Waals surface area contributed by atoms with Crippen LogP contribution < -0.4 is 10.5 Å². The maximum Gasteiger partial charge on any atom is 0.179 e. The van der Waals surface area contributed by atoms with Gasteiger partial charge in [-0.3, -0.25) is 4.99 Å². The molecule has 0 aromatic heterocycles. The number of fused-ring (bicyclic) bond motifs is 1. The van der Waals surface area contributed by atoms with E-state index >= 15 is 0 Å². The van der Waals surface area contributed by atoms with Crippen LogP contribution in [0.25, 0.3) is 0 Å². The summed E-state index contributed by atoms with van der Waals surface area (Å²) in [6, 6.07) is 13.0. The highest BCUT2D eigenvalue weighted by atomic mass is 32.2. The molecule has 2 aromatic carbocycles. The lowest BCUT2D eigenvalue weighted by atomic mass is 9.75. The first-order chi connectivity index (χ1) is 15.5. The highest BCUT2D eigenvalue weighted by Gasteiger charge is 2.44. The summed E-state index contributed by atoms with van der Waals surface area (Å²) in [7, 11) is -3.51. The van der Waals surface area contributed by atoms with Crippen LogP contribution in [0.15, 0.2) is 52.4 Å². The van der Waals surface area contributed by atoms with Crippen LogP contribution in [0.1, 0.15) is 62.6 Å². The molecular formula is C26H36N2O4S. The summed E-state index contributed by atoms with van der Waals surface area (Å²) in [6.07, 6.45) is 2.08. The molecule has 2 atom stereocenters. The third-order valence-corrected chi connectivity index (χ3v) is 8.35. The van der Waals surface area contributed by atoms with E-state index in [4.69, 9.17) is 10.5 Å². The third-order valence-electron chi connectivity index (χ3n) is 6.19. The summed E-state index contributed by atoms with van der Waals surface area (Å²) in [5.74, 6) is 0.844. The Morgan fingerprint density at radius 1 is 1.15 bits per heavy atom. The third kappa shape index (κ3) is 6.15. The van der Waals surface area contributed by atoms with Crippen molar-refractivity contribution in [2.24, 2.45) is 16.1 Å². The quantitative estimate of drug-likeness (QED) is 0.340. The van der Waals surface area contributed by atoms with Gasteiger partial charge in [0, 0.05) is 17.9 Å². The van der Waals surface area contributed by atoms with E-state index in [0.717, 1.165) is 42.7 Å². The molecule has 0 saturated carbocycles. The number of nitrogens with zero attached hydrogens (tertiary/aromatic N) is 1. The second-order valence-electron chi connectivity index (χ2n) is 9.71. The Bertz CT molecular complexity index is 1090. The number of sulfone groups is 1. The van der Waals surface area contributed by atoms with Crippen LogP contribution in [-0.4, -0.2) is 44.4 Å². The summed E-state index contributed by atoms with van der Waals surface area (Å²) in [6.45, 7) is 8.72. The number of unbranched alkanes of at least 4 members (excludes halogenated alkanes) is 2. The van der Waals surface area contributed by atoms with E-state index in [2.05, 4.69) is 4.99 Å². The smallest absolute Gasteiger partial charge is 0.179 e. The van der Waals surface area contributed by atoms with Crippen molar-refractivity contribution in [3.63, 3.8) is 0 Å². The molecule has 0 fully saturated rings. The van der Waals surface area contributed by atoms with E-state index in [1.807, 2.05) is 57.2 Å². The molecule has 3 N–H and O–H groups in total. The first kappa shape index (κ1) is 25.2. The number of aliphatic imine (C=N–C) groups is 1. The van der Waals surface area contributed by atoms with Gasteiger partial charge in [0.1, 0.15) is 5.75 Å². The lowest BCUT2D eigenvalue weighted by Gasteiger charge is -2.33. The van der Waals surface area contributed by atoms with Crippen molar-refractivity contribution >= 4 is 15.7 Å². The van der Waals surface area contributed by atoms with E-state index in [1.165, 1.54) is 0 Å². The average Bonchev–Trinajstić information content (AvgIpc) is 2.78. The Morgan fingerprint density at radius 3 is 2.52 bits per heavy atom. The van der Waals surface area contributed by atoms with Crippen LogP contribution in [0.5, 0.6) is 5.75 Å². The normalized spacial score (nSPS) is 21.8. The van der Waals surface area contributed by atoms with Gasteiger partial charge in [0.25, 0.3) is 0 Å². The summed E-state index contributed by atoms with van der Waals surface area (Å²) >= 11 is 0. The monoisotopic (exact) mass is 472 g/mol. The van der Waals surface area contributed by atoms with E-state index in [0.29, 0.717) is 22.9 Å². The second-order valence-corrected chi connectivity index (χ2v) is 11.7. The molecule has 0 radical (unpaired) electrons. The number of nitrogens with two attached hydrogens (primary N) is 1. The van der Waals surface area contributed by atoms with E-state index in [9.17, 15) is 13.5 Å². The predicted octanol–water partition coefficient (Wildman–Crippen LogP) is 4.23. The van der Waals surface area contributed by atoms with E-state index in [-0.39, 0.29) is 5.75 Å². The Balaban J connectivity index is 1.77. The first-order valence-electron chi connectivity index (χ1n) is 11.5. The maximum atomic E-state index is 13.1. The number of aliphatic hydroxyl groups is 1. The topological polar surface area (TPSA) is 102 Å². The molecule has 7 heteroatoms. The van der Waals surface area contributed by atoms with Gasteiger partial charge >= 0.3 is 0 Å². The molecular weight excluding hydrogens is 436 g/mol. The van der Waals surface area contributed by atoms with E-state index < -0.39 is 27.3 Å². The molecule has 3 rings (SSSR count). The van der Waals surface area contributed by atoms with Gasteiger partial charge in [-0.2, -0.15) is 0 Å². The Hall–Kier alpha value is -2.38. The van der Waals surface area contributed by atoms with Crippen LogP contribution in [0.3, 0.4) is 0 Å². The number of benzene rings is 2. The summed E-state index contributed by atoms with van der Waals surface area (Å²) in [4.78, 5) is 4.50. The number of aryl methyl sites for hydroxylation is 1. The predicted molar refractivity (Wildman–Crippen MR) is 133 cm³/mol. The summed E-state index contributed by atoms with van der Waals surface area (Å²) < 4.78 is 32.1. The maximum absolute atomic E-state index is 13.1. The van der Waals surface area contributed by atoms with Gasteiger partial charge in [-0.05, 0) is 62.4 Å². The lowest BCUT2D eigenvalue weighted by Crippen LogP contribution is -2.38. The molecule has 0 spiro atoms. The minimum Gasteiger partial charge on any atom is -0.494 e. The molecule has 2 aromatic rings. The Kier molecular flexibility index (Phi) is 7.85. The van der Waals surface area contributed by atoms with Gasteiger partial charge in [-0.1, -0.05) is 43.7 Å². The molecule has 0 saturated heterocycles. The summed E-state index contributed by atoms with van der Waals surface area (Å²) in [5, 5.41) is 11.3. The SMILES string of the molecule is CC(N)=NCCCCCOc1ccc([C@@H]2c3cc(C)ccc3S(=O)(=O)CC(C)(C)[C@@H]2O)cc1. The number of amidine groups is 1. The number of aliphatic hydroxyl groups excluding tert-OH is 1. The van der Waals surface area contributed by atoms with Gasteiger partial charge in [-0.15, -0.1) is 0 Å². The fourth-order valence-corrected chi connectivity index (χ4v) is 6.56. The molecule has 0 unspecified atom stereocenters. The molecule has 1 aliphatic rings. The molecule has 0 amide bonds. The number of rotatable bonds is 8. The zero-order valence-corrected chi connectivity index (χ0v) is 20.9. The second kappa shape index (κ2) is 10.3. The van der Waals surface area contributed by atoms with Crippen molar-refractivity contribution < 1.29 is 18.3 Å². The van der Waals surface area contributed by atoms with Gasteiger partial charge < -0.3 is 15.6 Å². The Labute approximate surface area is 197 Å². The minimum atomic E-state index is -3.51. The Morgan fingerprint density at radius 2 is 1.85 bits per heavy atom. The minimum absolute atomic E-state index is 0.0922. The van der Waals surface area contributed by atoms with Gasteiger partial charge in [-0.25, -0.2) is 8.42 Å². The zero-order valence-electron chi connectivity index (χ0n) is 20.0. The fourth-order valence-electron chi connectivity index (χ4n) is 4.44. The standard InChI is InChI=1S/C26H36N2O4S/c1-18-8-13-23-22(16-18)24(25(29)26(3,4)17-33(23,30)31)20-9-11-21(12-10-20)32-15-7-5-6-14-28-19(2)27/h8-13,16,24-25,29H,5-7,14-15,17H2,1-4H3,(H2,27,28)/t24-,25-/m1/s1. The van der Waals surface area contributed by atoms with Crippen molar-refractivity contribution in [1.82, 2.24) is 0 Å². The van der Waals surface area contributed by atoms with Crippen LogP contribution >= 0.6 is 0 Å². The van der Waals surface area contributed by atoms with Crippen molar-refractivity contribution in [2.45, 2.75) is 63.9 Å². The van der Waals surface area contributed by atoms with Gasteiger partial charge in [0.15, 0.2) is 9.84 Å². The molecule has 0 aliphatic carbocycles. The van der Waals surface area contributed by atoms with Crippen LogP contribution in [-0.2, 0) is 9.84 Å². The summed E-state index contributed by atoms with van der Waals surface area (Å²) in [5.41, 5.74) is 7.25. The van der Waals surface area contributed by atoms with Crippen LogP contribution in [0, 0.1) is 12.3 Å². The highest BCUT2D eigenvalue weighted by molar-refractivity contribution is 7.91.